The minimum Gasteiger partial charge on any atom is -0.370 e. The third-order valence-corrected chi connectivity index (χ3v) is 14.9. The van der Waals surface area contributed by atoms with Crippen molar-refractivity contribution in [2.24, 2.45) is 0 Å². The Kier molecular flexibility index (Phi) is 24.2. The molecule has 0 aromatic carbocycles. The summed E-state index contributed by atoms with van der Waals surface area (Å²) in [5, 5.41) is 8.37. The summed E-state index contributed by atoms with van der Waals surface area (Å²) >= 11 is 5.20. The number of rotatable bonds is 29. The van der Waals surface area contributed by atoms with Gasteiger partial charge in [0.15, 0.2) is 5.65 Å². The molecule has 0 aliphatic carbocycles. The van der Waals surface area contributed by atoms with Gasteiger partial charge in [-0.15, -0.1) is 0 Å². The van der Waals surface area contributed by atoms with Crippen LogP contribution in [0.15, 0.2) is 11.0 Å². The molecule has 1 aliphatic rings. The van der Waals surface area contributed by atoms with E-state index in [1.165, 1.54) is 10.8 Å². The van der Waals surface area contributed by atoms with E-state index in [-0.39, 0.29) is 47.4 Å². The van der Waals surface area contributed by atoms with Gasteiger partial charge in [0.2, 0.25) is 11.9 Å². The second kappa shape index (κ2) is 27.5. The molecule has 2 aromatic rings. The monoisotopic (exact) mass is 1010 g/mol. The number of phosphoric acid groups is 3. The van der Waals surface area contributed by atoms with E-state index >= 15 is 0 Å². The molecule has 3 amide bonds. The lowest BCUT2D eigenvalue weighted by atomic mass is 10.1. The zero-order valence-electron chi connectivity index (χ0n) is 34.0. The molecule has 0 radical (unpaired) electrons. The van der Waals surface area contributed by atoms with Crippen LogP contribution < -0.4 is 27.2 Å². The van der Waals surface area contributed by atoms with Gasteiger partial charge in [-0.25, -0.2) is 18.5 Å². The molecule has 3 rings (SSSR count). The van der Waals surface area contributed by atoms with Gasteiger partial charge in [0.25, 0.3) is 5.56 Å². The van der Waals surface area contributed by atoms with E-state index in [1.54, 1.807) is 27.8 Å². The molecule has 23 nitrogen and oxygen atoms in total. The third kappa shape index (κ3) is 21.4. The van der Waals surface area contributed by atoms with Crippen LogP contribution in [-0.2, 0) is 66.5 Å². The smallest absolute Gasteiger partial charge is 0.370 e. The van der Waals surface area contributed by atoms with Crippen molar-refractivity contribution >= 4 is 94.6 Å². The molecule has 1 saturated heterocycles. The molecular formula is C32H54N7O16P3S4. The van der Waals surface area contributed by atoms with Crippen molar-refractivity contribution in [3.8, 4) is 11.8 Å². The number of urea groups is 1. The van der Waals surface area contributed by atoms with E-state index < -0.39 is 69.6 Å². The molecule has 0 spiro atoms. The molecule has 1 fully saturated rings. The number of fused-ring (bicyclic) bond motifs is 1. The fourth-order valence-electron chi connectivity index (χ4n) is 5.59. The van der Waals surface area contributed by atoms with Crippen LogP contribution in [0.25, 0.3) is 11.0 Å². The highest BCUT2D eigenvalue weighted by atomic mass is 33.1. The van der Waals surface area contributed by atoms with Crippen molar-refractivity contribution < 1.29 is 70.2 Å². The number of phosphoric ester groups is 1. The summed E-state index contributed by atoms with van der Waals surface area (Å²) in [4.78, 5) is 80.9. The number of amides is 3. The van der Waals surface area contributed by atoms with Gasteiger partial charge >= 0.3 is 29.5 Å². The molecule has 30 heteroatoms. The van der Waals surface area contributed by atoms with E-state index in [0.717, 1.165) is 50.7 Å². The molecule has 0 bridgehead atoms. The minimum atomic E-state index is -5.76. The Hall–Kier alpha value is -1.92. The van der Waals surface area contributed by atoms with Crippen molar-refractivity contribution in [2.45, 2.75) is 83.1 Å². The van der Waals surface area contributed by atoms with Crippen LogP contribution >= 0.6 is 45.1 Å². The van der Waals surface area contributed by atoms with E-state index in [1.807, 2.05) is 0 Å². The summed E-state index contributed by atoms with van der Waals surface area (Å²) in [7, 11) is -14.2. The van der Waals surface area contributed by atoms with Gasteiger partial charge in [-0.05, 0) is 43.1 Å². The summed E-state index contributed by atoms with van der Waals surface area (Å²) in [6, 6.07) is -0.437. The zero-order chi connectivity index (χ0) is 45.8. The van der Waals surface area contributed by atoms with E-state index in [0.29, 0.717) is 32.1 Å². The largest absolute Gasteiger partial charge is 0.490 e. The number of carbonyl (C=O) groups excluding carboxylic acids is 2. The fourth-order valence-corrected chi connectivity index (χ4v) is 10.7. The van der Waals surface area contributed by atoms with Gasteiger partial charge in [0.1, 0.15) is 18.3 Å². The standard InChI is InChI=1S/C32H54N7O16P3S4/c1-3-4-5-7-12-26(40)34-15-17-60-61-21-50-16-9-6-8-13-35-32(42)36-14-10-11-23-19-39(29-28(23)30(41)38-31(33)37-29)27-18-24(51-22-62(2)59)25(53-27)20-52-57(46,47)55-58(48,49)54-56(43,44)45/h19,24-25,27H,3-9,12-18,20-22H2,1-2H3,(H,34,40)(H,46,47)(H,48,49)(H2,35,36,42)(H2,43,44,45)(H3,33,37,38,41)/t24-,25+,27+,62?/m0/s1. The highest BCUT2D eigenvalue weighted by Crippen LogP contribution is 2.66. The topological polar surface area (TPSA) is 334 Å². The number of unbranched alkanes of at least 4 members (excludes halogenated alkanes) is 5. The minimum absolute atomic E-state index is 0.0390. The Morgan fingerprint density at radius 1 is 1.06 bits per heavy atom. The first-order valence-electron chi connectivity index (χ1n) is 19.1. The summed E-state index contributed by atoms with van der Waals surface area (Å²) in [6.45, 7) is 2.93. The average molecular weight is 1010 g/mol. The molecule has 3 unspecified atom stereocenters. The third-order valence-electron chi connectivity index (χ3n) is 8.25. The lowest BCUT2D eigenvalue weighted by Gasteiger charge is -2.21. The molecule has 2 aromatic heterocycles. The number of nitrogen functional groups attached to an aromatic ring is 1. The van der Waals surface area contributed by atoms with Gasteiger partial charge in [0.05, 0.1) is 36.1 Å². The lowest BCUT2D eigenvalue weighted by molar-refractivity contribution is -0.121. The lowest BCUT2D eigenvalue weighted by Crippen LogP contribution is -2.36. The Bertz CT molecular complexity index is 2070. The first-order chi connectivity index (χ1) is 29.3. The maximum absolute atomic E-state index is 13.0. The van der Waals surface area contributed by atoms with Gasteiger partial charge < -0.3 is 60.0 Å². The van der Waals surface area contributed by atoms with Crippen molar-refractivity contribution in [1.29, 1.82) is 0 Å². The van der Waals surface area contributed by atoms with Crippen LogP contribution in [0.5, 0.6) is 0 Å². The van der Waals surface area contributed by atoms with Crippen LogP contribution in [0.1, 0.15) is 76.5 Å². The highest BCUT2D eigenvalue weighted by Gasteiger charge is 2.44. The SMILES string of the molecule is CCCCCCC(=O)NCCSSCOCCCCCNC(=O)NCC#Cc1cn([C@H]2C[C@H](OCS(C)=S)[C@@H](COP(=O)(O)OP(=O)(O)OP(=O)(O)O)O2)c2nc(N)[nH]c(=O)c12. The van der Waals surface area contributed by atoms with Gasteiger partial charge in [-0.3, -0.25) is 19.1 Å². The summed E-state index contributed by atoms with van der Waals surface area (Å²) in [6.07, 6.45) is 7.53. The van der Waals surface area contributed by atoms with Crippen molar-refractivity contribution in [3.63, 3.8) is 0 Å². The van der Waals surface area contributed by atoms with Crippen LogP contribution in [-0.4, -0.2) is 115 Å². The molecule has 3 heterocycles. The molecule has 62 heavy (non-hydrogen) atoms. The Morgan fingerprint density at radius 2 is 1.82 bits per heavy atom. The second-order valence-electron chi connectivity index (χ2n) is 13.3. The highest BCUT2D eigenvalue weighted by molar-refractivity contribution is 8.76. The van der Waals surface area contributed by atoms with Crippen molar-refractivity contribution in [1.82, 2.24) is 30.5 Å². The van der Waals surface area contributed by atoms with Gasteiger partial charge in [0, 0.05) is 44.5 Å². The predicted molar refractivity (Wildman–Crippen MR) is 238 cm³/mol. The zero-order valence-corrected chi connectivity index (χ0v) is 39.9. The van der Waals surface area contributed by atoms with Crippen LogP contribution in [0.4, 0.5) is 10.7 Å². The van der Waals surface area contributed by atoms with Crippen LogP contribution in [0.3, 0.4) is 0 Å². The van der Waals surface area contributed by atoms with Crippen LogP contribution in [0.2, 0.25) is 0 Å². The average Bonchev–Trinajstić information content (AvgIpc) is 3.74. The Balaban J connectivity index is 1.46. The maximum Gasteiger partial charge on any atom is 0.490 e. The van der Waals surface area contributed by atoms with Crippen LogP contribution in [0, 0.1) is 11.8 Å². The van der Waals surface area contributed by atoms with Crippen molar-refractivity contribution in [3.05, 3.63) is 22.1 Å². The summed E-state index contributed by atoms with van der Waals surface area (Å²) in [5.74, 6) is 6.94. The first kappa shape index (κ1) is 54.4. The number of nitrogens with two attached hydrogens (primary N) is 1. The fraction of sp³-hybridized carbons (Fsp3) is 0.688. The van der Waals surface area contributed by atoms with E-state index in [4.69, 9.17) is 45.4 Å². The number of hydrogen-bond donors (Lipinski definition) is 9. The number of anilines is 1. The molecule has 6 atom stereocenters. The predicted octanol–water partition coefficient (Wildman–Crippen LogP) is 3.25. The number of nitrogens with zero attached hydrogens (tertiary/aromatic N) is 2. The molecule has 352 valence electrons. The number of ether oxygens (including phenoxy) is 3. The quantitative estimate of drug-likeness (QED) is 0.0186. The molecular weight excluding hydrogens is 960 g/mol. The Morgan fingerprint density at radius 3 is 2.55 bits per heavy atom. The second-order valence-corrected chi connectivity index (χ2v) is 23.4. The van der Waals surface area contributed by atoms with E-state index in [9.17, 15) is 37.9 Å². The normalized spacial score (nSPS) is 19.0. The van der Waals surface area contributed by atoms with Gasteiger partial charge in [-0.2, -0.15) is 13.6 Å². The number of H-pyrrole nitrogens is 1. The summed E-state index contributed by atoms with van der Waals surface area (Å²) < 4.78 is 66.5. The number of carbonyl (C=O) groups is 2. The molecule has 1 aliphatic heterocycles. The number of nitrogens with one attached hydrogen (secondary N) is 4. The maximum atomic E-state index is 13.0. The van der Waals surface area contributed by atoms with Gasteiger partial charge in [-0.1, -0.05) is 69.1 Å². The molecule has 0 saturated carbocycles. The van der Waals surface area contributed by atoms with Crippen molar-refractivity contribution in [2.75, 3.05) is 62.5 Å². The molecule has 10 N–H and O–H groups in total. The number of aromatic amines is 1. The van der Waals surface area contributed by atoms with E-state index in [2.05, 4.69) is 53.3 Å². The number of hydrogen-bond acceptors (Lipinski definition) is 17. The summed E-state index contributed by atoms with van der Waals surface area (Å²) in [5.41, 5.74) is 5.48. The first-order valence-corrected chi connectivity index (χ1v) is 28.9. The number of aromatic nitrogens is 3. The Labute approximate surface area is 373 Å².